The van der Waals surface area contributed by atoms with E-state index in [0.29, 0.717) is 5.56 Å². The lowest BCUT2D eigenvalue weighted by atomic mass is 9.95. The first kappa shape index (κ1) is 26.5. The van der Waals surface area contributed by atoms with E-state index in [4.69, 9.17) is 9.47 Å². The molecule has 32 heavy (non-hydrogen) atoms. The molecule has 0 aromatic heterocycles. The van der Waals surface area contributed by atoms with Crippen molar-refractivity contribution in [1.82, 2.24) is 10.6 Å². The van der Waals surface area contributed by atoms with Gasteiger partial charge in [-0.2, -0.15) is 0 Å². The summed E-state index contributed by atoms with van der Waals surface area (Å²) in [6, 6.07) is 2.13. The lowest BCUT2D eigenvalue weighted by Crippen LogP contribution is -2.55. The van der Waals surface area contributed by atoms with E-state index in [1.54, 1.807) is 6.92 Å². The summed E-state index contributed by atoms with van der Waals surface area (Å²) < 4.78 is 22.8. The van der Waals surface area contributed by atoms with Gasteiger partial charge in [-0.3, -0.25) is 19.2 Å². The van der Waals surface area contributed by atoms with Gasteiger partial charge in [-0.05, 0) is 31.5 Å². The number of carbonyl (C=O) groups excluding carboxylic acids is 4. The average molecular weight is 454 g/mol. The van der Waals surface area contributed by atoms with E-state index >= 15 is 0 Å². The summed E-state index contributed by atoms with van der Waals surface area (Å²) in [4.78, 5) is 60.5. The van der Waals surface area contributed by atoms with Gasteiger partial charge in [0, 0.05) is 13.3 Å². The molecule has 2 amide bonds. The average Bonchev–Trinajstić information content (AvgIpc) is 2.71. The molecule has 1 aromatic rings. The van der Waals surface area contributed by atoms with Gasteiger partial charge in [0.25, 0.3) is 0 Å². The Morgan fingerprint density at radius 1 is 1.00 bits per heavy atom. The van der Waals surface area contributed by atoms with Gasteiger partial charge in [0.1, 0.15) is 17.9 Å². The van der Waals surface area contributed by atoms with Crippen LogP contribution in [0.3, 0.4) is 0 Å². The maximum absolute atomic E-state index is 13.1. The van der Waals surface area contributed by atoms with Crippen LogP contribution in [0.2, 0.25) is 0 Å². The molecule has 0 bridgehead atoms. The summed E-state index contributed by atoms with van der Waals surface area (Å²) in [5, 5.41) is 14.2. The molecule has 1 aromatic carbocycles. The standard InChI is InChI=1S/C21H27FN2O8/c1-4-31-17(26)11-15(21(30)32-5-2)18(20(28)29)24-19(27)16(23-12(3)25)10-13-6-8-14(22)9-7-13/h6-9,15-16,18H,4-5,10-11H2,1-3H3,(H,23,25)(H,24,27)(H,28,29)/t15-,16+,18-/m0/s1. The van der Waals surface area contributed by atoms with E-state index in [9.17, 15) is 33.5 Å². The van der Waals surface area contributed by atoms with Gasteiger partial charge in [0.05, 0.1) is 25.6 Å². The van der Waals surface area contributed by atoms with Gasteiger partial charge < -0.3 is 25.2 Å². The molecule has 3 N–H and O–H groups in total. The number of amides is 2. The highest BCUT2D eigenvalue weighted by molar-refractivity contribution is 5.93. The van der Waals surface area contributed by atoms with E-state index in [0.717, 1.165) is 0 Å². The van der Waals surface area contributed by atoms with E-state index in [1.165, 1.54) is 38.1 Å². The van der Waals surface area contributed by atoms with Crippen LogP contribution in [0, 0.1) is 11.7 Å². The zero-order chi connectivity index (χ0) is 24.3. The molecular formula is C21H27FN2O8. The number of nitrogens with one attached hydrogen (secondary N) is 2. The fourth-order valence-electron chi connectivity index (χ4n) is 2.89. The van der Waals surface area contributed by atoms with Gasteiger partial charge in [-0.15, -0.1) is 0 Å². The fourth-order valence-corrected chi connectivity index (χ4v) is 2.89. The Morgan fingerprint density at radius 3 is 2.09 bits per heavy atom. The number of aliphatic carboxylic acids is 1. The molecule has 0 unspecified atom stereocenters. The third-order valence-electron chi connectivity index (χ3n) is 4.29. The number of carbonyl (C=O) groups is 5. The van der Waals surface area contributed by atoms with Crippen molar-refractivity contribution in [2.45, 2.75) is 45.7 Å². The normalized spacial score (nSPS) is 13.2. The molecule has 0 aliphatic carbocycles. The largest absolute Gasteiger partial charge is 0.480 e. The van der Waals surface area contributed by atoms with Crippen molar-refractivity contribution >= 4 is 29.7 Å². The van der Waals surface area contributed by atoms with Gasteiger partial charge in [0.15, 0.2) is 0 Å². The van der Waals surface area contributed by atoms with Crippen molar-refractivity contribution in [3.8, 4) is 0 Å². The Balaban J connectivity index is 3.13. The lowest BCUT2D eigenvalue weighted by molar-refractivity contribution is -0.160. The minimum atomic E-state index is -1.82. The Kier molecular flexibility index (Phi) is 10.8. The third kappa shape index (κ3) is 8.70. The van der Waals surface area contributed by atoms with Crippen molar-refractivity contribution in [2.75, 3.05) is 13.2 Å². The third-order valence-corrected chi connectivity index (χ3v) is 4.29. The van der Waals surface area contributed by atoms with Crippen molar-refractivity contribution in [1.29, 1.82) is 0 Å². The minimum absolute atomic E-state index is 0.0146. The Bertz CT molecular complexity index is 828. The molecule has 1 rings (SSSR count). The molecule has 3 atom stereocenters. The summed E-state index contributed by atoms with van der Waals surface area (Å²) in [5.41, 5.74) is 0.501. The summed E-state index contributed by atoms with van der Waals surface area (Å²) in [5.74, 6) is -6.93. The predicted octanol–water partition coefficient (Wildman–Crippen LogP) is 0.575. The molecule has 11 heteroatoms. The molecule has 176 valence electrons. The number of hydrogen-bond donors (Lipinski definition) is 3. The fraction of sp³-hybridized carbons (Fsp3) is 0.476. The molecule has 0 radical (unpaired) electrons. The van der Waals surface area contributed by atoms with Gasteiger partial charge in [-0.1, -0.05) is 12.1 Å². The summed E-state index contributed by atoms with van der Waals surface area (Å²) in [6.45, 7) is 4.16. The second-order valence-corrected chi connectivity index (χ2v) is 6.78. The van der Waals surface area contributed by atoms with Crippen LogP contribution < -0.4 is 10.6 Å². The smallest absolute Gasteiger partial charge is 0.327 e. The number of hydrogen-bond acceptors (Lipinski definition) is 7. The zero-order valence-corrected chi connectivity index (χ0v) is 18.1. The van der Waals surface area contributed by atoms with Crippen LogP contribution in [0.5, 0.6) is 0 Å². The van der Waals surface area contributed by atoms with E-state index in [-0.39, 0.29) is 19.6 Å². The van der Waals surface area contributed by atoms with E-state index < -0.39 is 60.0 Å². The highest BCUT2D eigenvalue weighted by atomic mass is 19.1. The number of carboxylic acid groups (broad SMARTS) is 1. The van der Waals surface area contributed by atoms with E-state index in [2.05, 4.69) is 10.6 Å². The van der Waals surface area contributed by atoms with Crippen molar-refractivity contribution in [3.05, 3.63) is 35.6 Å². The first-order valence-electron chi connectivity index (χ1n) is 9.95. The maximum atomic E-state index is 13.1. The Labute approximate surface area is 184 Å². The molecule has 0 aliphatic rings. The molecule has 0 heterocycles. The zero-order valence-electron chi connectivity index (χ0n) is 18.1. The predicted molar refractivity (Wildman–Crippen MR) is 109 cm³/mol. The second kappa shape index (κ2) is 13.0. The van der Waals surface area contributed by atoms with Crippen LogP contribution in [0.1, 0.15) is 32.8 Å². The minimum Gasteiger partial charge on any atom is -0.480 e. The lowest BCUT2D eigenvalue weighted by Gasteiger charge is -2.25. The first-order valence-corrected chi connectivity index (χ1v) is 9.95. The first-order chi connectivity index (χ1) is 15.1. The molecule has 0 saturated heterocycles. The summed E-state index contributed by atoms with van der Waals surface area (Å²) in [6.07, 6.45) is -0.702. The molecule has 0 saturated carbocycles. The molecule has 10 nitrogen and oxygen atoms in total. The number of halogens is 1. The monoisotopic (exact) mass is 454 g/mol. The SMILES string of the molecule is CCOC(=O)C[C@H](C(=O)OCC)[C@H](NC(=O)[C@@H](Cc1ccc(F)cc1)NC(C)=O)C(=O)O. The van der Waals surface area contributed by atoms with Crippen molar-refractivity contribution < 1.29 is 42.9 Å². The Hall–Kier alpha value is -3.50. The van der Waals surface area contributed by atoms with Crippen LogP contribution in [-0.2, 0) is 39.9 Å². The van der Waals surface area contributed by atoms with Crippen LogP contribution >= 0.6 is 0 Å². The number of ether oxygens (including phenoxy) is 2. The molecule has 0 fully saturated rings. The second-order valence-electron chi connectivity index (χ2n) is 6.78. The quantitative estimate of drug-likeness (QED) is 0.388. The highest BCUT2D eigenvalue weighted by Gasteiger charge is 2.39. The van der Waals surface area contributed by atoms with Crippen LogP contribution in [0.25, 0.3) is 0 Å². The van der Waals surface area contributed by atoms with Crippen LogP contribution in [0.15, 0.2) is 24.3 Å². The number of carboxylic acids is 1. The Morgan fingerprint density at radius 2 is 1.59 bits per heavy atom. The van der Waals surface area contributed by atoms with Gasteiger partial charge in [0.2, 0.25) is 11.8 Å². The van der Waals surface area contributed by atoms with Crippen molar-refractivity contribution in [3.63, 3.8) is 0 Å². The number of esters is 2. The highest BCUT2D eigenvalue weighted by Crippen LogP contribution is 2.15. The molecule has 0 aliphatic heterocycles. The molecular weight excluding hydrogens is 427 g/mol. The topological polar surface area (TPSA) is 148 Å². The number of benzene rings is 1. The van der Waals surface area contributed by atoms with Crippen LogP contribution in [-0.4, -0.2) is 60.1 Å². The summed E-state index contributed by atoms with van der Waals surface area (Å²) >= 11 is 0. The molecule has 0 spiro atoms. The number of rotatable bonds is 12. The maximum Gasteiger partial charge on any atom is 0.327 e. The summed E-state index contributed by atoms with van der Waals surface area (Å²) in [7, 11) is 0. The van der Waals surface area contributed by atoms with Gasteiger partial charge in [-0.25, -0.2) is 9.18 Å². The van der Waals surface area contributed by atoms with E-state index in [1.807, 2.05) is 0 Å². The van der Waals surface area contributed by atoms with Crippen LogP contribution in [0.4, 0.5) is 4.39 Å². The van der Waals surface area contributed by atoms with Crippen molar-refractivity contribution in [2.24, 2.45) is 5.92 Å². The van der Waals surface area contributed by atoms with Gasteiger partial charge >= 0.3 is 17.9 Å².